The van der Waals surface area contributed by atoms with Crippen molar-refractivity contribution >= 4 is 21.6 Å². The smallest absolute Gasteiger partial charge is 0.243 e. The standard InChI is InChI=1S/C22H30N2O6S/c1-6-30-19-10-8-18(9-11-19)24(31(5,26)27)16(2)22(25)23-14-13-17-7-12-20(28-3)21(15-17)29-4/h7-12,15-16H,6,13-14H2,1-5H3,(H,23,25). The van der Waals surface area contributed by atoms with Crippen LogP contribution >= 0.6 is 0 Å². The lowest BCUT2D eigenvalue weighted by atomic mass is 10.1. The number of nitrogens with zero attached hydrogens (tertiary/aromatic N) is 1. The summed E-state index contributed by atoms with van der Waals surface area (Å²) in [5, 5.41) is 2.81. The highest BCUT2D eigenvalue weighted by Crippen LogP contribution is 2.27. The molecule has 0 saturated carbocycles. The number of sulfonamides is 1. The third-order valence-electron chi connectivity index (χ3n) is 4.65. The van der Waals surface area contributed by atoms with Crippen molar-refractivity contribution in [1.82, 2.24) is 5.32 Å². The van der Waals surface area contributed by atoms with Gasteiger partial charge in [0, 0.05) is 6.54 Å². The summed E-state index contributed by atoms with van der Waals surface area (Å²) in [5.74, 6) is 1.48. The van der Waals surface area contributed by atoms with E-state index in [0.29, 0.717) is 42.5 Å². The van der Waals surface area contributed by atoms with Gasteiger partial charge in [-0.05, 0) is 62.2 Å². The van der Waals surface area contributed by atoms with E-state index in [9.17, 15) is 13.2 Å². The van der Waals surface area contributed by atoms with Crippen LogP contribution in [-0.4, -0.2) is 54.0 Å². The second-order valence-electron chi connectivity index (χ2n) is 6.89. The Morgan fingerprint density at radius 1 is 1.06 bits per heavy atom. The summed E-state index contributed by atoms with van der Waals surface area (Å²) >= 11 is 0. The number of carbonyl (C=O) groups is 1. The number of carbonyl (C=O) groups excluding carboxylic acids is 1. The Kier molecular flexibility index (Phi) is 8.56. The molecular weight excluding hydrogens is 420 g/mol. The third-order valence-corrected chi connectivity index (χ3v) is 5.89. The topological polar surface area (TPSA) is 94.2 Å². The first-order chi connectivity index (χ1) is 14.7. The maximum absolute atomic E-state index is 12.7. The third kappa shape index (κ3) is 6.52. The number of hydrogen-bond donors (Lipinski definition) is 1. The molecule has 2 aromatic carbocycles. The second kappa shape index (κ2) is 10.9. The number of anilines is 1. The van der Waals surface area contributed by atoms with Gasteiger partial charge in [-0.1, -0.05) is 6.07 Å². The number of methoxy groups -OCH3 is 2. The molecule has 0 aliphatic carbocycles. The Hall–Kier alpha value is -2.94. The van der Waals surface area contributed by atoms with Crippen LogP contribution < -0.4 is 23.8 Å². The molecule has 170 valence electrons. The van der Waals surface area contributed by atoms with Crippen molar-refractivity contribution in [3.8, 4) is 17.2 Å². The fraction of sp³-hybridized carbons (Fsp3) is 0.409. The fourth-order valence-electron chi connectivity index (χ4n) is 3.18. The highest BCUT2D eigenvalue weighted by atomic mass is 32.2. The molecule has 0 aliphatic rings. The first kappa shape index (κ1) is 24.3. The van der Waals surface area contributed by atoms with Crippen molar-refractivity contribution in [2.24, 2.45) is 0 Å². The lowest BCUT2D eigenvalue weighted by molar-refractivity contribution is -0.121. The fourth-order valence-corrected chi connectivity index (χ4v) is 4.35. The quantitative estimate of drug-likeness (QED) is 0.566. The molecule has 2 aromatic rings. The van der Waals surface area contributed by atoms with Crippen LogP contribution in [0.5, 0.6) is 17.2 Å². The molecule has 31 heavy (non-hydrogen) atoms. The average molecular weight is 451 g/mol. The predicted octanol–water partition coefficient (Wildman–Crippen LogP) is 2.62. The Labute approximate surface area is 184 Å². The molecule has 9 heteroatoms. The first-order valence-electron chi connectivity index (χ1n) is 9.92. The van der Waals surface area contributed by atoms with E-state index in [-0.39, 0.29) is 5.91 Å². The molecule has 0 radical (unpaired) electrons. The number of hydrogen-bond acceptors (Lipinski definition) is 6. The zero-order chi connectivity index (χ0) is 23.0. The monoisotopic (exact) mass is 450 g/mol. The minimum Gasteiger partial charge on any atom is -0.494 e. The van der Waals surface area contributed by atoms with Gasteiger partial charge in [-0.3, -0.25) is 9.10 Å². The van der Waals surface area contributed by atoms with E-state index in [1.54, 1.807) is 51.5 Å². The minimum atomic E-state index is -3.68. The van der Waals surface area contributed by atoms with E-state index < -0.39 is 16.1 Å². The van der Waals surface area contributed by atoms with E-state index in [1.807, 2.05) is 19.1 Å². The van der Waals surface area contributed by atoms with Crippen molar-refractivity contribution in [2.75, 3.05) is 37.9 Å². The van der Waals surface area contributed by atoms with E-state index in [1.165, 1.54) is 0 Å². The predicted molar refractivity (Wildman–Crippen MR) is 121 cm³/mol. The summed E-state index contributed by atoms with van der Waals surface area (Å²) in [5.41, 5.74) is 1.35. The van der Waals surface area contributed by atoms with Crippen LogP contribution in [0.3, 0.4) is 0 Å². The summed E-state index contributed by atoms with van der Waals surface area (Å²) < 4.78 is 41.8. The Balaban J connectivity index is 2.06. The molecule has 1 N–H and O–H groups in total. The van der Waals surface area contributed by atoms with Crippen LogP contribution in [0.15, 0.2) is 42.5 Å². The Morgan fingerprint density at radius 3 is 2.26 bits per heavy atom. The molecule has 2 rings (SSSR count). The van der Waals surface area contributed by atoms with Gasteiger partial charge in [-0.2, -0.15) is 0 Å². The summed E-state index contributed by atoms with van der Waals surface area (Å²) in [7, 11) is -0.552. The van der Waals surface area contributed by atoms with Gasteiger partial charge in [-0.25, -0.2) is 8.42 Å². The summed E-state index contributed by atoms with van der Waals surface area (Å²) in [6, 6.07) is 11.2. The SMILES string of the molecule is CCOc1ccc(N(C(C)C(=O)NCCc2ccc(OC)c(OC)c2)S(C)(=O)=O)cc1. The highest BCUT2D eigenvalue weighted by Gasteiger charge is 2.29. The molecule has 1 amide bonds. The van der Waals surface area contributed by atoms with Gasteiger partial charge in [0.25, 0.3) is 0 Å². The normalized spacial score (nSPS) is 12.0. The van der Waals surface area contributed by atoms with Crippen LogP contribution in [0.25, 0.3) is 0 Å². The molecule has 0 fully saturated rings. The Bertz CT molecular complexity index is 976. The maximum atomic E-state index is 12.7. The largest absolute Gasteiger partial charge is 0.494 e. The van der Waals surface area contributed by atoms with Crippen molar-refractivity contribution in [3.63, 3.8) is 0 Å². The van der Waals surface area contributed by atoms with Gasteiger partial charge in [0.15, 0.2) is 11.5 Å². The zero-order valence-electron chi connectivity index (χ0n) is 18.5. The first-order valence-corrected chi connectivity index (χ1v) is 11.8. The van der Waals surface area contributed by atoms with Crippen LogP contribution in [0.4, 0.5) is 5.69 Å². The van der Waals surface area contributed by atoms with Crippen LogP contribution in [0, 0.1) is 0 Å². The molecule has 1 atom stereocenters. The lowest BCUT2D eigenvalue weighted by Crippen LogP contribution is -2.48. The van der Waals surface area contributed by atoms with Crippen molar-refractivity contribution in [3.05, 3.63) is 48.0 Å². The number of benzene rings is 2. The number of nitrogens with one attached hydrogen (secondary N) is 1. The second-order valence-corrected chi connectivity index (χ2v) is 8.75. The van der Waals surface area contributed by atoms with Crippen molar-refractivity contribution in [1.29, 1.82) is 0 Å². The van der Waals surface area contributed by atoms with Gasteiger partial charge in [0.05, 0.1) is 32.8 Å². The molecular formula is C22H30N2O6S. The molecule has 0 spiro atoms. The molecule has 0 heterocycles. The molecule has 1 unspecified atom stereocenters. The summed E-state index contributed by atoms with van der Waals surface area (Å²) in [6.07, 6.45) is 1.64. The number of ether oxygens (including phenoxy) is 3. The van der Waals surface area contributed by atoms with Gasteiger partial charge in [0.1, 0.15) is 11.8 Å². The number of rotatable bonds is 11. The van der Waals surface area contributed by atoms with E-state index >= 15 is 0 Å². The van der Waals surface area contributed by atoms with Gasteiger partial charge < -0.3 is 19.5 Å². The molecule has 0 aliphatic heterocycles. The van der Waals surface area contributed by atoms with E-state index in [2.05, 4.69) is 5.32 Å². The summed E-state index contributed by atoms with van der Waals surface area (Å²) in [4.78, 5) is 12.7. The van der Waals surface area contributed by atoms with Crippen molar-refractivity contribution < 1.29 is 27.4 Å². The highest BCUT2D eigenvalue weighted by molar-refractivity contribution is 7.92. The van der Waals surface area contributed by atoms with Gasteiger partial charge >= 0.3 is 0 Å². The van der Waals surface area contributed by atoms with Crippen LogP contribution in [-0.2, 0) is 21.2 Å². The zero-order valence-corrected chi connectivity index (χ0v) is 19.4. The van der Waals surface area contributed by atoms with Gasteiger partial charge in [0.2, 0.25) is 15.9 Å². The number of amides is 1. The molecule has 0 saturated heterocycles. The molecule has 0 aromatic heterocycles. The molecule has 8 nitrogen and oxygen atoms in total. The van der Waals surface area contributed by atoms with Crippen LogP contribution in [0.2, 0.25) is 0 Å². The Morgan fingerprint density at radius 2 is 1.71 bits per heavy atom. The van der Waals surface area contributed by atoms with Crippen molar-refractivity contribution in [2.45, 2.75) is 26.3 Å². The molecule has 0 bridgehead atoms. The van der Waals surface area contributed by atoms with Crippen LogP contribution in [0.1, 0.15) is 19.4 Å². The average Bonchev–Trinajstić information content (AvgIpc) is 2.74. The maximum Gasteiger partial charge on any atom is 0.243 e. The van der Waals surface area contributed by atoms with E-state index in [4.69, 9.17) is 14.2 Å². The summed E-state index contributed by atoms with van der Waals surface area (Å²) in [6.45, 7) is 4.28. The van der Waals surface area contributed by atoms with E-state index in [0.717, 1.165) is 16.1 Å². The lowest BCUT2D eigenvalue weighted by Gasteiger charge is -2.28. The van der Waals surface area contributed by atoms with Gasteiger partial charge in [-0.15, -0.1) is 0 Å². The minimum absolute atomic E-state index is 0.347.